The van der Waals surface area contributed by atoms with E-state index in [1.54, 1.807) is 12.1 Å². The molecule has 1 aliphatic heterocycles. The average Bonchev–Trinajstić information content (AvgIpc) is 2.54. The van der Waals surface area contributed by atoms with Gasteiger partial charge in [-0.1, -0.05) is 12.1 Å². The SMILES string of the molecule is C[C@@H]1CNCCN1CC(=O)NCc1ccc(OCC(N)=O)cc1.Cl. The van der Waals surface area contributed by atoms with Gasteiger partial charge in [0.1, 0.15) is 5.75 Å². The number of rotatable bonds is 7. The summed E-state index contributed by atoms with van der Waals surface area (Å²) in [7, 11) is 0. The van der Waals surface area contributed by atoms with Gasteiger partial charge in [0.05, 0.1) is 6.54 Å². The molecule has 0 aromatic heterocycles. The molecular weight excluding hydrogens is 332 g/mol. The summed E-state index contributed by atoms with van der Waals surface area (Å²) in [6, 6.07) is 7.58. The summed E-state index contributed by atoms with van der Waals surface area (Å²) in [5.74, 6) is 0.0878. The molecule has 2 rings (SSSR count). The molecule has 0 radical (unpaired) electrons. The first-order valence-electron chi connectivity index (χ1n) is 7.76. The van der Waals surface area contributed by atoms with Crippen LogP contribution < -0.4 is 21.1 Å². The van der Waals surface area contributed by atoms with E-state index in [1.807, 2.05) is 12.1 Å². The maximum absolute atomic E-state index is 12.0. The van der Waals surface area contributed by atoms with Gasteiger partial charge < -0.3 is 21.1 Å². The van der Waals surface area contributed by atoms with Crippen molar-refractivity contribution in [2.24, 2.45) is 5.73 Å². The number of piperazine rings is 1. The minimum absolute atomic E-state index is 0. The maximum Gasteiger partial charge on any atom is 0.255 e. The fraction of sp³-hybridized carbons (Fsp3) is 0.500. The molecule has 1 aromatic rings. The van der Waals surface area contributed by atoms with Crippen molar-refractivity contribution in [1.29, 1.82) is 0 Å². The largest absolute Gasteiger partial charge is 0.484 e. The molecule has 4 N–H and O–H groups in total. The minimum Gasteiger partial charge on any atom is -0.484 e. The van der Waals surface area contributed by atoms with Crippen molar-refractivity contribution >= 4 is 24.2 Å². The number of primary amides is 1. The highest BCUT2D eigenvalue weighted by molar-refractivity contribution is 5.85. The third kappa shape index (κ3) is 6.74. The number of ether oxygens (including phenoxy) is 1. The fourth-order valence-electron chi connectivity index (χ4n) is 2.42. The minimum atomic E-state index is -0.511. The van der Waals surface area contributed by atoms with E-state index in [2.05, 4.69) is 22.5 Å². The van der Waals surface area contributed by atoms with E-state index in [9.17, 15) is 9.59 Å². The van der Waals surface area contributed by atoms with Crippen LogP contribution in [0.5, 0.6) is 5.75 Å². The van der Waals surface area contributed by atoms with Gasteiger partial charge in [-0.3, -0.25) is 14.5 Å². The Morgan fingerprint density at radius 2 is 2.08 bits per heavy atom. The third-order valence-corrected chi connectivity index (χ3v) is 3.78. The highest BCUT2D eigenvalue weighted by atomic mass is 35.5. The number of hydrogen-bond acceptors (Lipinski definition) is 5. The molecule has 0 unspecified atom stereocenters. The Bertz CT molecular complexity index is 539. The highest BCUT2D eigenvalue weighted by Crippen LogP contribution is 2.12. The van der Waals surface area contributed by atoms with Gasteiger partial charge in [-0.05, 0) is 24.6 Å². The molecule has 1 fully saturated rings. The van der Waals surface area contributed by atoms with Gasteiger partial charge in [0.15, 0.2) is 6.61 Å². The second kappa shape index (κ2) is 10.1. The lowest BCUT2D eigenvalue weighted by atomic mass is 10.2. The van der Waals surface area contributed by atoms with Crippen molar-refractivity contribution < 1.29 is 14.3 Å². The molecule has 1 aromatic carbocycles. The van der Waals surface area contributed by atoms with Crippen molar-refractivity contribution in [2.75, 3.05) is 32.8 Å². The summed E-state index contributed by atoms with van der Waals surface area (Å²) in [5.41, 5.74) is 5.99. The number of carbonyl (C=O) groups is 2. The van der Waals surface area contributed by atoms with E-state index < -0.39 is 5.91 Å². The van der Waals surface area contributed by atoms with E-state index in [4.69, 9.17) is 10.5 Å². The van der Waals surface area contributed by atoms with Gasteiger partial charge in [0.2, 0.25) is 5.91 Å². The van der Waals surface area contributed by atoms with Crippen LogP contribution in [-0.4, -0.2) is 55.5 Å². The number of hydrogen-bond donors (Lipinski definition) is 3. The van der Waals surface area contributed by atoms with Crippen LogP contribution in [0.3, 0.4) is 0 Å². The van der Waals surface area contributed by atoms with Gasteiger partial charge in [0.25, 0.3) is 5.91 Å². The van der Waals surface area contributed by atoms with E-state index in [0.29, 0.717) is 24.9 Å². The summed E-state index contributed by atoms with van der Waals surface area (Å²) in [6.07, 6.45) is 0. The maximum atomic E-state index is 12.0. The van der Waals surface area contributed by atoms with Crippen LogP contribution in [-0.2, 0) is 16.1 Å². The zero-order valence-electron chi connectivity index (χ0n) is 13.8. The number of benzene rings is 1. The van der Waals surface area contributed by atoms with Crippen molar-refractivity contribution in [3.63, 3.8) is 0 Å². The van der Waals surface area contributed by atoms with Crippen LogP contribution in [0.25, 0.3) is 0 Å². The lowest BCUT2D eigenvalue weighted by Gasteiger charge is -2.33. The van der Waals surface area contributed by atoms with Gasteiger partial charge in [0, 0.05) is 32.2 Å². The van der Waals surface area contributed by atoms with Gasteiger partial charge in [-0.25, -0.2) is 0 Å². The molecule has 1 atom stereocenters. The molecular formula is C16H25ClN4O3. The molecule has 24 heavy (non-hydrogen) atoms. The number of halogens is 1. The van der Waals surface area contributed by atoms with Crippen molar-refractivity contribution in [3.05, 3.63) is 29.8 Å². The second-order valence-corrected chi connectivity index (χ2v) is 5.70. The Morgan fingerprint density at radius 3 is 2.71 bits per heavy atom. The Hall–Kier alpha value is -1.83. The first kappa shape index (κ1) is 20.2. The topological polar surface area (TPSA) is 96.7 Å². The molecule has 2 amide bonds. The summed E-state index contributed by atoms with van der Waals surface area (Å²) >= 11 is 0. The normalized spacial score (nSPS) is 17.6. The molecule has 0 bridgehead atoms. The van der Waals surface area contributed by atoms with E-state index in [0.717, 1.165) is 25.2 Å². The molecule has 134 valence electrons. The Morgan fingerprint density at radius 1 is 1.38 bits per heavy atom. The Kier molecular flexibility index (Phi) is 8.53. The van der Waals surface area contributed by atoms with Crippen LogP contribution in [0.15, 0.2) is 24.3 Å². The zero-order valence-corrected chi connectivity index (χ0v) is 14.6. The lowest BCUT2D eigenvalue weighted by molar-refractivity contribution is -0.123. The Balaban J connectivity index is 0.00000288. The lowest BCUT2D eigenvalue weighted by Crippen LogP contribution is -2.52. The molecule has 1 saturated heterocycles. The third-order valence-electron chi connectivity index (χ3n) is 3.78. The first-order chi connectivity index (χ1) is 11.0. The number of carbonyl (C=O) groups excluding carboxylic acids is 2. The number of nitrogens with zero attached hydrogens (tertiary/aromatic N) is 1. The van der Waals surface area contributed by atoms with Gasteiger partial charge >= 0.3 is 0 Å². The number of amides is 2. The first-order valence-corrected chi connectivity index (χ1v) is 7.76. The van der Waals surface area contributed by atoms with E-state index in [1.165, 1.54) is 0 Å². The molecule has 7 nitrogen and oxygen atoms in total. The van der Waals surface area contributed by atoms with Crippen LogP contribution >= 0.6 is 12.4 Å². The van der Waals surface area contributed by atoms with E-state index >= 15 is 0 Å². The smallest absolute Gasteiger partial charge is 0.255 e. The van der Waals surface area contributed by atoms with Gasteiger partial charge in [-0.15, -0.1) is 12.4 Å². The molecule has 0 spiro atoms. The predicted molar refractivity (Wildman–Crippen MR) is 94.1 cm³/mol. The van der Waals surface area contributed by atoms with Crippen LogP contribution in [0.2, 0.25) is 0 Å². The summed E-state index contributed by atoms with van der Waals surface area (Å²) in [4.78, 5) is 24.8. The Labute approximate surface area is 148 Å². The molecule has 0 aliphatic carbocycles. The van der Waals surface area contributed by atoms with E-state index in [-0.39, 0.29) is 24.9 Å². The van der Waals surface area contributed by atoms with Crippen LogP contribution in [0.1, 0.15) is 12.5 Å². The standard InChI is InChI=1S/C16H24N4O3.ClH/c1-12-8-18-6-7-20(12)10-16(22)19-9-13-2-4-14(5-3-13)23-11-15(17)21;/h2-5,12,18H,6-11H2,1H3,(H2,17,21)(H,19,22);1H/t12-;/m1./s1. The fourth-order valence-corrected chi connectivity index (χ4v) is 2.42. The number of nitrogens with one attached hydrogen (secondary N) is 2. The van der Waals surface area contributed by atoms with Gasteiger partial charge in [-0.2, -0.15) is 0 Å². The predicted octanol–water partition coefficient (Wildman–Crippen LogP) is -0.118. The van der Waals surface area contributed by atoms with Crippen molar-refractivity contribution in [3.8, 4) is 5.75 Å². The molecule has 1 heterocycles. The van der Waals surface area contributed by atoms with Crippen molar-refractivity contribution in [2.45, 2.75) is 19.5 Å². The summed E-state index contributed by atoms with van der Waals surface area (Å²) in [6.45, 7) is 5.59. The molecule has 1 aliphatic rings. The molecule has 8 heteroatoms. The summed E-state index contributed by atoms with van der Waals surface area (Å²) < 4.78 is 5.19. The number of nitrogens with two attached hydrogens (primary N) is 1. The second-order valence-electron chi connectivity index (χ2n) is 5.70. The summed E-state index contributed by atoms with van der Waals surface area (Å²) in [5, 5.41) is 6.22. The average molecular weight is 357 g/mol. The van der Waals surface area contributed by atoms with Crippen LogP contribution in [0.4, 0.5) is 0 Å². The quantitative estimate of drug-likeness (QED) is 0.633. The van der Waals surface area contributed by atoms with Crippen molar-refractivity contribution in [1.82, 2.24) is 15.5 Å². The molecule has 0 saturated carbocycles. The zero-order chi connectivity index (χ0) is 16.7. The highest BCUT2D eigenvalue weighted by Gasteiger charge is 2.19. The van der Waals surface area contributed by atoms with Crippen LogP contribution in [0, 0.1) is 0 Å². The monoisotopic (exact) mass is 356 g/mol.